The van der Waals surface area contributed by atoms with Crippen molar-refractivity contribution in [2.75, 3.05) is 31.2 Å². The SMILES string of the molecule is OC1(c2ccc(N3CCC(Oc4ccc(C(F)(F)F)cc4)CC3)cc2)COC1. The molecule has 2 fully saturated rings. The molecule has 0 saturated carbocycles. The highest BCUT2D eigenvalue weighted by Gasteiger charge is 2.38. The van der Waals surface area contributed by atoms with Crippen LogP contribution in [-0.4, -0.2) is 37.5 Å². The molecule has 2 aliphatic heterocycles. The summed E-state index contributed by atoms with van der Waals surface area (Å²) in [6.45, 7) is 2.27. The molecule has 0 spiro atoms. The number of alkyl halides is 3. The fourth-order valence-corrected chi connectivity index (χ4v) is 3.59. The minimum absolute atomic E-state index is 0.0138. The lowest BCUT2D eigenvalue weighted by Gasteiger charge is -2.37. The second-order valence-electron chi connectivity index (χ2n) is 7.40. The van der Waals surface area contributed by atoms with E-state index in [1.54, 1.807) is 0 Å². The minimum atomic E-state index is -4.33. The second kappa shape index (κ2) is 7.29. The Balaban J connectivity index is 1.31. The summed E-state index contributed by atoms with van der Waals surface area (Å²) in [5.41, 5.74) is 0.418. The summed E-state index contributed by atoms with van der Waals surface area (Å²) >= 11 is 0. The number of anilines is 1. The molecule has 0 amide bonds. The topological polar surface area (TPSA) is 41.9 Å². The second-order valence-corrected chi connectivity index (χ2v) is 7.40. The summed E-state index contributed by atoms with van der Waals surface area (Å²) < 4.78 is 48.8. The van der Waals surface area contributed by atoms with Crippen molar-refractivity contribution in [1.29, 1.82) is 0 Å². The van der Waals surface area contributed by atoms with E-state index in [-0.39, 0.29) is 6.10 Å². The number of ether oxygens (including phenoxy) is 2. The Morgan fingerprint density at radius 2 is 1.57 bits per heavy atom. The molecule has 2 heterocycles. The number of piperidine rings is 1. The van der Waals surface area contributed by atoms with Crippen molar-refractivity contribution in [2.24, 2.45) is 0 Å². The molecule has 4 rings (SSSR count). The van der Waals surface area contributed by atoms with Gasteiger partial charge in [0.2, 0.25) is 0 Å². The van der Waals surface area contributed by atoms with Gasteiger partial charge in [-0.05, 0) is 42.0 Å². The number of benzene rings is 2. The van der Waals surface area contributed by atoms with Crippen LogP contribution in [0.3, 0.4) is 0 Å². The van der Waals surface area contributed by atoms with Crippen LogP contribution in [0.2, 0.25) is 0 Å². The average Bonchev–Trinajstić information content (AvgIpc) is 2.67. The molecule has 7 heteroatoms. The van der Waals surface area contributed by atoms with Crippen molar-refractivity contribution >= 4 is 5.69 Å². The van der Waals surface area contributed by atoms with Gasteiger partial charge in [0.1, 0.15) is 17.5 Å². The zero-order chi connectivity index (χ0) is 19.8. The molecule has 0 aliphatic carbocycles. The molecule has 0 atom stereocenters. The van der Waals surface area contributed by atoms with Crippen molar-refractivity contribution in [3.05, 3.63) is 59.7 Å². The van der Waals surface area contributed by atoms with Gasteiger partial charge in [0.25, 0.3) is 0 Å². The molecule has 150 valence electrons. The first-order valence-electron chi connectivity index (χ1n) is 9.33. The maximum Gasteiger partial charge on any atom is 0.416 e. The van der Waals surface area contributed by atoms with Gasteiger partial charge in [0.05, 0.1) is 18.8 Å². The van der Waals surface area contributed by atoms with Crippen molar-refractivity contribution in [3.63, 3.8) is 0 Å². The molecule has 2 saturated heterocycles. The molecular formula is C21H22F3NO3. The first-order valence-corrected chi connectivity index (χ1v) is 9.33. The first kappa shape index (κ1) is 19.1. The van der Waals surface area contributed by atoms with Crippen LogP contribution in [0.1, 0.15) is 24.0 Å². The average molecular weight is 393 g/mol. The molecule has 2 aliphatic rings. The van der Waals surface area contributed by atoms with Crippen LogP contribution in [-0.2, 0) is 16.5 Å². The Kier molecular flexibility index (Phi) is 4.97. The third-order valence-corrected chi connectivity index (χ3v) is 5.38. The van der Waals surface area contributed by atoms with Gasteiger partial charge in [-0.15, -0.1) is 0 Å². The largest absolute Gasteiger partial charge is 0.490 e. The smallest absolute Gasteiger partial charge is 0.416 e. The van der Waals surface area contributed by atoms with Gasteiger partial charge in [-0.2, -0.15) is 13.2 Å². The van der Waals surface area contributed by atoms with Crippen LogP contribution in [0, 0.1) is 0 Å². The summed E-state index contributed by atoms with van der Waals surface area (Å²) in [7, 11) is 0. The quantitative estimate of drug-likeness (QED) is 0.854. The number of halogens is 3. The highest BCUT2D eigenvalue weighted by Crippen LogP contribution is 2.32. The minimum Gasteiger partial charge on any atom is -0.490 e. The van der Waals surface area contributed by atoms with E-state index < -0.39 is 17.3 Å². The third kappa shape index (κ3) is 3.95. The molecule has 4 nitrogen and oxygen atoms in total. The molecule has 2 aromatic rings. The predicted octanol–water partition coefficient (Wildman–Crippen LogP) is 3.97. The van der Waals surface area contributed by atoms with E-state index in [1.807, 2.05) is 24.3 Å². The normalized spacial score (nSPS) is 19.9. The lowest BCUT2D eigenvalue weighted by atomic mass is 9.92. The summed E-state index contributed by atoms with van der Waals surface area (Å²) in [6, 6.07) is 12.7. The number of hydrogen-bond acceptors (Lipinski definition) is 4. The van der Waals surface area contributed by atoms with Crippen molar-refractivity contribution in [3.8, 4) is 5.75 Å². The highest BCUT2D eigenvalue weighted by atomic mass is 19.4. The van der Waals surface area contributed by atoms with E-state index in [1.165, 1.54) is 12.1 Å². The zero-order valence-corrected chi connectivity index (χ0v) is 15.3. The van der Waals surface area contributed by atoms with Crippen molar-refractivity contribution in [1.82, 2.24) is 0 Å². The van der Waals surface area contributed by atoms with Crippen LogP contribution in [0.4, 0.5) is 18.9 Å². The van der Waals surface area contributed by atoms with Crippen LogP contribution < -0.4 is 9.64 Å². The van der Waals surface area contributed by atoms with Gasteiger partial charge in [-0.3, -0.25) is 0 Å². The molecule has 0 aromatic heterocycles. The molecule has 28 heavy (non-hydrogen) atoms. The first-order chi connectivity index (χ1) is 13.3. The van der Waals surface area contributed by atoms with Gasteiger partial charge in [-0.25, -0.2) is 0 Å². The van der Waals surface area contributed by atoms with Crippen molar-refractivity contribution < 1.29 is 27.8 Å². The molecule has 0 bridgehead atoms. The number of aliphatic hydroxyl groups is 1. The van der Waals surface area contributed by atoms with Crippen LogP contribution in [0.15, 0.2) is 48.5 Å². The van der Waals surface area contributed by atoms with Gasteiger partial charge in [0.15, 0.2) is 0 Å². The Morgan fingerprint density at radius 3 is 2.07 bits per heavy atom. The van der Waals surface area contributed by atoms with E-state index in [0.717, 1.165) is 49.3 Å². The Labute approximate surface area is 161 Å². The Bertz CT molecular complexity index is 793. The summed E-state index contributed by atoms with van der Waals surface area (Å²) in [5, 5.41) is 10.3. The Hall–Kier alpha value is -2.25. The molecular weight excluding hydrogens is 371 g/mol. The lowest BCUT2D eigenvalue weighted by Crippen LogP contribution is -2.46. The van der Waals surface area contributed by atoms with E-state index in [2.05, 4.69) is 4.90 Å². The van der Waals surface area contributed by atoms with E-state index in [4.69, 9.17) is 9.47 Å². The van der Waals surface area contributed by atoms with Crippen LogP contribution in [0.5, 0.6) is 5.75 Å². The van der Waals surface area contributed by atoms with Gasteiger partial charge in [0, 0.05) is 31.6 Å². The third-order valence-electron chi connectivity index (χ3n) is 5.38. The molecule has 0 unspecified atom stereocenters. The van der Waals surface area contributed by atoms with Crippen LogP contribution in [0.25, 0.3) is 0 Å². The standard InChI is InChI=1S/C21H22F3NO3/c22-21(23,24)16-3-7-18(8-4-16)28-19-9-11-25(12-10-19)17-5-1-15(2-6-17)20(26)13-27-14-20/h1-8,19,26H,9-14H2. The van der Waals surface area contributed by atoms with Gasteiger partial charge in [-0.1, -0.05) is 12.1 Å². The summed E-state index contributed by atoms with van der Waals surface area (Å²) in [4.78, 5) is 2.25. The molecule has 1 N–H and O–H groups in total. The van der Waals surface area contributed by atoms with Gasteiger partial charge >= 0.3 is 6.18 Å². The number of nitrogens with zero attached hydrogens (tertiary/aromatic N) is 1. The summed E-state index contributed by atoms with van der Waals surface area (Å²) in [6.07, 6.45) is -2.76. The van der Waals surface area contributed by atoms with E-state index in [9.17, 15) is 18.3 Å². The number of rotatable bonds is 4. The maximum atomic E-state index is 12.6. The maximum absolute atomic E-state index is 12.6. The van der Waals surface area contributed by atoms with Crippen LogP contribution >= 0.6 is 0 Å². The van der Waals surface area contributed by atoms with Crippen molar-refractivity contribution in [2.45, 2.75) is 30.7 Å². The van der Waals surface area contributed by atoms with E-state index in [0.29, 0.717) is 19.0 Å². The molecule has 2 aromatic carbocycles. The monoisotopic (exact) mass is 393 g/mol. The zero-order valence-electron chi connectivity index (χ0n) is 15.3. The van der Waals surface area contributed by atoms with Gasteiger partial charge < -0.3 is 19.5 Å². The Morgan fingerprint density at radius 1 is 0.964 bits per heavy atom. The summed E-state index contributed by atoms with van der Waals surface area (Å²) in [5.74, 6) is 0.465. The highest BCUT2D eigenvalue weighted by molar-refractivity contribution is 5.49. The number of hydrogen-bond donors (Lipinski definition) is 1. The predicted molar refractivity (Wildman–Crippen MR) is 98.5 cm³/mol. The fourth-order valence-electron chi connectivity index (χ4n) is 3.59. The van der Waals surface area contributed by atoms with E-state index >= 15 is 0 Å². The fraction of sp³-hybridized carbons (Fsp3) is 0.429. The molecule has 0 radical (unpaired) electrons. The lowest BCUT2D eigenvalue weighted by molar-refractivity contribution is -0.184.